The first kappa shape index (κ1) is 20.7. The molecule has 1 aliphatic rings. The molecule has 0 aliphatic carbocycles. The number of nitrogens with zero attached hydrogens (tertiary/aromatic N) is 3. The van der Waals surface area contributed by atoms with Crippen LogP contribution in [0.4, 0.5) is 30.2 Å². The summed E-state index contributed by atoms with van der Waals surface area (Å²) >= 11 is 0. The van der Waals surface area contributed by atoms with Gasteiger partial charge in [-0.25, -0.2) is 0 Å². The number of benzene rings is 2. The second kappa shape index (κ2) is 8.67. The molecule has 0 atom stereocenters. The van der Waals surface area contributed by atoms with E-state index in [1.165, 1.54) is 6.07 Å². The average molecular weight is 426 g/mol. The van der Waals surface area contributed by atoms with Crippen LogP contribution in [0.2, 0.25) is 0 Å². The Balaban J connectivity index is 1.48. The maximum absolute atomic E-state index is 13.2. The molecule has 0 bridgehead atoms. The number of hydrogen-bond donors (Lipinski definition) is 1. The lowest BCUT2D eigenvalue weighted by Gasteiger charge is -2.36. The highest BCUT2D eigenvalue weighted by Crippen LogP contribution is 2.32. The van der Waals surface area contributed by atoms with Crippen molar-refractivity contribution in [1.29, 1.82) is 0 Å². The first-order valence-corrected chi connectivity index (χ1v) is 9.89. The zero-order chi connectivity index (χ0) is 21.8. The molecule has 1 aliphatic heterocycles. The summed E-state index contributed by atoms with van der Waals surface area (Å²) in [6, 6.07) is 15.7. The lowest BCUT2D eigenvalue weighted by Crippen LogP contribution is -2.48. The van der Waals surface area contributed by atoms with Crippen LogP contribution < -0.4 is 10.2 Å². The highest BCUT2D eigenvalue weighted by atomic mass is 19.4. The van der Waals surface area contributed by atoms with Gasteiger partial charge in [0.25, 0.3) is 5.91 Å². The number of hydrogen-bond acceptors (Lipinski definition) is 4. The van der Waals surface area contributed by atoms with Crippen molar-refractivity contribution >= 4 is 23.0 Å². The van der Waals surface area contributed by atoms with Gasteiger partial charge >= 0.3 is 6.18 Å². The van der Waals surface area contributed by atoms with Gasteiger partial charge in [-0.05, 0) is 42.5 Å². The summed E-state index contributed by atoms with van der Waals surface area (Å²) < 4.78 is 39.0. The Morgan fingerprint density at radius 3 is 2.32 bits per heavy atom. The number of carbonyl (C=O) groups excluding carboxylic acids is 1. The molecule has 8 heteroatoms. The van der Waals surface area contributed by atoms with Crippen LogP contribution in [-0.4, -0.2) is 42.0 Å². The Labute approximate surface area is 178 Å². The minimum atomic E-state index is -4.43. The second-order valence-corrected chi connectivity index (χ2v) is 7.23. The smallest absolute Gasteiger partial charge is 0.368 e. The van der Waals surface area contributed by atoms with Crippen LogP contribution in [0.1, 0.15) is 15.9 Å². The summed E-state index contributed by atoms with van der Waals surface area (Å²) in [6.45, 7) is 2.50. The number of nitrogens with one attached hydrogen (secondary N) is 1. The molecule has 160 valence electrons. The Morgan fingerprint density at radius 2 is 1.61 bits per heavy atom. The molecule has 2 aromatic carbocycles. The van der Waals surface area contributed by atoms with E-state index in [2.05, 4.69) is 15.2 Å². The molecule has 31 heavy (non-hydrogen) atoms. The van der Waals surface area contributed by atoms with Crippen LogP contribution in [0.25, 0.3) is 0 Å². The van der Waals surface area contributed by atoms with Crippen molar-refractivity contribution < 1.29 is 18.0 Å². The molecule has 0 saturated carbocycles. The highest BCUT2D eigenvalue weighted by molar-refractivity contribution is 6.00. The third-order valence-electron chi connectivity index (χ3n) is 5.22. The predicted octanol–water partition coefficient (Wildman–Crippen LogP) is 4.81. The topological polar surface area (TPSA) is 48.5 Å². The van der Waals surface area contributed by atoms with Crippen molar-refractivity contribution in [2.75, 3.05) is 36.4 Å². The zero-order valence-corrected chi connectivity index (χ0v) is 16.6. The molecular weight excluding hydrogens is 405 g/mol. The molecule has 1 aromatic heterocycles. The molecule has 2 heterocycles. The van der Waals surface area contributed by atoms with Crippen LogP contribution in [-0.2, 0) is 6.18 Å². The molecule has 4 rings (SSSR count). The summed E-state index contributed by atoms with van der Waals surface area (Å²) in [5.41, 5.74) is 1.50. The molecule has 1 amide bonds. The van der Waals surface area contributed by atoms with E-state index in [0.29, 0.717) is 37.4 Å². The number of piperazine rings is 1. The first-order valence-electron chi connectivity index (χ1n) is 9.89. The van der Waals surface area contributed by atoms with Crippen LogP contribution in [0.15, 0.2) is 73.1 Å². The number of anilines is 3. The maximum atomic E-state index is 13.2. The normalized spacial score (nSPS) is 14.4. The fourth-order valence-corrected chi connectivity index (χ4v) is 3.60. The van der Waals surface area contributed by atoms with Crippen molar-refractivity contribution in [3.05, 3.63) is 84.2 Å². The lowest BCUT2D eigenvalue weighted by atomic mass is 10.1. The van der Waals surface area contributed by atoms with Crippen LogP contribution in [0.3, 0.4) is 0 Å². The van der Waals surface area contributed by atoms with Crippen LogP contribution in [0.5, 0.6) is 0 Å². The largest absolute Gasteiger partial charge is 0.416 e. The quantitative estimate of drug-likeness (QED) is 0.651. The van der Waals surface area contributed by atoms with Crippen LogP contribution >= 0.6 is 0 Å². The minimum absolute atomic E-state index is 0.149. The Morgan fingerprint density at radius 1 is 0.903 bits per heavy atom. The fourth-order valence-electron chi connectivity index (χ4n) is 3.60. The van der Waals surface area contributed by atoms with Crippen LogP contribution in [0, 0.1) is 0 Å². The van der Waals surface area contributed by atoms with E-state index < -0.39 is 11.7 Å². The van der Waals surface area contributed by atoms with E-state index >= 15 is 0 Å². The fraction of sp³-hybridized carbons (Fsp3) is 0.217. The van der Waals surface area contributed by atoms with E-state index in [-0.39, 0.29) is 11.6 Å². The van der Waals surface area contributed by atoms with Crippen molar-refractivity contribution in [1.82, 2.24) is 9.88 Å². The predicted molar refractivity (Wildman–Crippen MR) is 114 cm³/mol. The number of rotatable bonds is 4. The van der Waals surface area contributed by atoms with Gasteiger partial charge in [0.05, 0.1) is 16.8 Å². The van der Waals surface area contributed by atoms with Gasteiger partial charge in [0.2, 0.25) is 0 Å². The summed E-state index contributed by atoms with van der Waals surface area (Å²) in [7, 11) is 0. The van der Waals surface area contributed by atoms with Gasteiger partial charge in [-0.3, -0.25) is 9.78 Å². The molecule has 1 N–H and O–H groups in total. The second-order valence-electron chi connectivity index (χ2n) is 7.23. The van der Waals surface area contributed by atoms with Gasteiger partial charge in [-0.15, -0.1) is 0 Å². The number of halogens is 3. The zero-order valence-electron chi connectivity index (χ0n) is 16.6. The molecule has 1 saturated heterocycles. The van der Waals surface area contributed by atoms with Gasteiger partial charge in [0.15, 0.2) is 0 Å². The Bertz CT molecular complexity index is 1050. The van der Waals surface area contributed by atoms with Gasteiger partial charge in [0.1, 0.15) is 0 Å². The SMILES string of the molecule is O=C(c1ccccc1Nc1cccc(C(F)(F)F)c1)N1CCN(c2ccncc2)CC1. The first-order chi connectivity index (χ1) is 14.9. The molecule has 0 radical (unpaired) electrons. The minimum Gasteiger partial charge on any atom is -0.368 e. The van der Waals surface area contributed by atoms with Crippen molar-refractivity contribution in [2.24, 2.45) is 0 Å². The number of para-hydroxylation sites is 1. The molecular formula is C23H21F3N4O. The summed E-state index contributed by atoms with van der Waals surface area (Å²) in [5.74, 6) is -0.149. The number of alkyl halides is 3. The average Bonchev–Trinajstić information content (AvgIpc) is 2.79. The molecule has 3 aromatic rings. The van der Waals surface area contributed by atoms with E-state index in [0.717, 1.165) is 17.8 Å². The standard InChI is InChI=1S/C23H21F3N4O/c24-23(25,26)17-4-3-5-18(16-17)28-21-7-2-1-6-20(21)22(31)30-14-12-29(13-15-30)19-8-10-27-11-9-19/h1-11,16,28H,12-15H2. The van der Waals surface area contributed by atoms with Crippen molar-refractivity contribution in [3.8, 4) is 0 Å². The Kier molecular flexibility index (Phi) is 5.79. The highest BCUT2D eigenvalue weighted by Gasteiger charge is 2.30. The number of aromatic nitrogens is 1. The number of carbonyl (C=O) groups is 1. The number of pyridine rings is 1. The third kappa shape index (κ3) is 4.79. The van der Waals surface area contributed by atoms with E-state index in [9.17, 15) is 18.0 Å². The summed E-state index contributed by atoms with van der Waals surface area (Å²) in [6.07, 6.45) is -0.952. The third-order valence-corrected chi connectivity index (χ3v) is 5.22. The summed E-state index contributed by atoms with van der Waals surface area (Å²) in [5, 5.41) is 2.97. The lowest BCUT2D eigenvalue weighted by molar-refractivity contribution is -0.137. The van der Waals surface area contributed by atoms with Gasteiger partial charge in [-0.1, -0.05) is 18.2 Å². The van der Waals surface area contributed by atoms with Crippen molar-refractivity contribution in [2.45, 2.75) is 6.18 Å². The van der Waals surface area contributed by atoms with E-state index in [1.807, 2.05) is 12.1 Å². The molecule has 5 nitrogen and oxygen atoms in total. The van der Waals surface area contributed by atoms with E-state index in [4.69, 9.17) is 0 Å². The molecule has 1 fully saturated rings. The Hall–Kier alpha value is -3.55. The molecule has 0 spiro atoms. The summed E-state index contributed by atoms with van der Waals surface area (Å²) in [4.78, 5) is 21.1. The van der Waals surface area contributed by atoms with Gasteiger partial charge < -0.3 is 15.1 Å². The van der Waals surface area contributed by atoms with Gasteiger partial charge in [0, 0.05) is 49.9 Å². The number of amides is 1. The molecule has 0 unspecified atom stereocenters. The maximum Gasteiger partial charge on any atom is 0.416 e. The van der Waals surface area contributed by atoms with Gasteiger partial charge in [-0.2, -0.15) is 13.2 Å². The van der Waals surface area contributed by atoms with E-state index in [1.54, 1.807) is 47.6 Å². The monoisotopic (exact) mass is 426 g/mol. The van der Waals surface area contributed by atoms with Crippen molar-refractivity contribution in [3.63, 3.8) is 0 Å².